The van der Waals surface area contributed by atoms with Crippen LogP contribution in [0.3, 0.4) is 0 Å². The van der Waals surface area contributed by atoms with E-state index in [4.69, 9.17) is 9.94 Å². The summed E-state index contributed by atoms with van der Waals surface area (Å²) in [4.78, 5) is 21.3. The fourth-order valence-electron chi connectivity index (χ4n) is 2.73. The van der Waals surface area contributed by atoms with E-state index in [9.17, 15) is 13.2 Å². The Balaban J connectivity index is 1.60. The van der Waals surface area contributed by atoms with E-state index in [2.05, 4.69) is 9.97 Å². The van der Waals surface area contributed by atoms with Crippen molar-refractivity contribution in [3.8, 4) is 0 Å². The summed E-state index contributed by atoms with van der Waals surface area (Å²) in [5.41, 5.74) is 1.65. The lowest BCUT2D eigenvalue weighted by Gasteiger charge is -2.37. The van der Waals surface area contributed by atoms with Crippen molar-refractivity contribution in [1.82, 2.24) is 24.1 Å². The van der Waals surface area contributed by atoms with E-state index in [1.165, 1.54) is 26.5 Å². The lowest BCUT2D eigenvalue weighted by molar-refractivity contribution is 0.0700. The first-order chi connectivity index (χ1) is 12.0. The first-order valence-electron chi connectivity index (χ1n) is 7.87. The van der Waals surface area contributed by atoms with Crippen LogP contribution in [-0.2, 0) is 14.9 Å². The summed E-state index contributed by atoms with van der Waals surface area (Å²) in [6.07, 6.45) is 2.62. The normalized spacial score (nSPS) is 20.4. The van der Waals surface area contributed by atoms with Gasteiger partial charge in [0.25, 0.3) is 16.1 Å². The van der Waals surface area contributed by atoms with Gasteiger partial charge in [-0.2, -0.15) is 17.0 Å². The minimum Gasteiger partial charge on any atom is -0.379 e. The van der Waals surface area contributed by atoms with Gasteiger partial charge >= 0.3 is 0 Å². The number of morpholine rings is 1. The second-order valence-corrected chi connectivity index (χ2v) is 7.55. The zero-order valence-corrected chi connectivity index (χ0v) is 14.4. The van der Waals surface area contributed by atoms with Crippen molar-refractivity contribution < 1.29 is 23.2 Å². The van der Waals surface area contributed by atoms with Gasteiger partial charge in [0, 0.05) is 51.7 Å². The fourth-order valence-corrected chi connectivity index (χ4v) is 4.29. The molecule has 11 nitrogen and oxygen atoms in total. The van der Waals surface area contributed by atoms with E-state index in [1.54, 1.807) is 0 Å². The van der Waals surface area contributed by atoms with E-state index in [-0.39, 0.29) is 5.56 Å². The molecule has 0 aliphatic carbocycles. The van der Waals surface area contributed by atoms with E-state index in [0.29, 0.717) is 58.4 Å². The fraction of sp³-hybridized carbons (Fsp3) is 0.615. The summed E-state index contributed by atoms with van der Waals surface area (Å²) >= 11 is 0. The standard InChI is InChI=1S/C13H20N6O5S/c20-12(16-21)11-9-14-13(15-10-11)17-1-3-18(4-2-17)25(22,23)19-5-7-24-8-6-19/h9-10,21H,1-8H2,(H,16,20). The summed E-state index contributed by atoms with van der Waals surface area (Å²) in [5, 5.41) is 8.58. The van der Waals surface area contributed by atoms with Crippen molar-refractivity contribution in [3.05, 3.63) is 18.0 Å². The van der Waals surface area contributed by atoms with Crippen LogP contribution in [0, 0.1) is 0 Å². The highest BCUT2D eigenvalue weighted by Crippen LogP contribution is 2.16. The number of amides is 1. The van der Waals surface area contributed by atoms with Gasteiger partial charge in [-0.3, -0.25) is 10.0 Å². The molecule has 3 rings (SSSR count). The maximum Gasteiger partial charge on any atom is 0.282 e. The zero-order chi connectivity index (χ0) is 17.9. The van der Waals surface area contributed by atoms with Gasteiger partial charge in [0.05, 0.1) is 18.8 Å². The second kappa shape index (κ2) is 7.58. The largest absolute Gasteiger partial charge is 0.379 e. The van der Waals surface area contributed by atoms with Gasteiger partial charge in [0.2, 0.25) is 5.95 Å². The Morgan fingerprint density at radius 3 is 2.16 bits per heavy atom. The molecule has 3 heterocycles. The number of rotatable bonds is 4. The van der Waals surface area contributed by atoms with Crippen LogP contribution in [0.25, 0.3) is 0 Å². The van der Waals surface area contributed by atoms with Crippen molar-refractivity contribution in [1.29, 1.82) is 0 Å². The van der Waals surface area contributed by atoms with E-state index >= 15 is 0 Å². The highest BCUT2D eigenvalue weighted by Gasteiger charge is 2.33. The number of hydrogen-bond acceptors (Lipinski definition) is 8. The summed E-state index contributed by atoms with van der Waals surface area (Å²) in [6.45, 7) is 3.16. The number of nitrogens with one attached hydrogen (secondary N) is 1. The molecule has 1 amide bonds. The number of carbonyl (C=O) groups is 1. The van der Waals surface area contributed by atoms with Gasteiger partial charge in [-0.25, -0.2) is 15.4 Å². The van der Waals surface area contributed by atoms with E-state index in [1.807, 2.05) is 4.90 Å². The summed E-state index contributed by atoms with van der Waals surface area (Å²) < 4.78 is 33.3. The highest BCUT2D eigenvalue weighted by atomic mass is 32.2. The minimum atomic E-state index is -3.47. The molecule has 12 heteroatoms. The Bertz CT molecular complexity index is 698. The van der Waals surface area contributed by atoms with Gasteiger partial charge in [-0.15, -0.1) is 0 Å². The van der Waals surface area contributed by atoms with Crippen LogP contribution in [-0.4, -0.2) is 90.6 Å². The van der Waals surface area contributed by atoms with E-state index < -0.39 is 16.1 Å². The number of carbonyl (C=O) groups excluding carboxylic acids is 1. The molecule has 0 atom stereocenters. The highest BCUT2D eigenvalue weighted by molar-refractivity contribution is 7.86. The van der Waals surface area contributed by atoms with E-state index in [0.717, 1.165) is 0 Å². The quantitative estimate of drug-likeness (QED) is 0.473. The Labute approximate surface area is 145 Å². The number of anilines is 1. The molecule has 0 bridgehead atoms. The van der Waals surface area contributed by atoms with Crippen molar-refractivity contribution in [2.45, 2.75) is 0 Å². The van der Waals surface area contributed by atoms with Crippen molar-refractivity contribution in [2.75, 3.05) is 57.4 Å². The smallest absolute Gasteiger partial charge is 0.282 e. The van der Waals surface area contributed by atoms with Gasteiger partial charge in [-0.1, -0.05) is 0 Å². The average Bonchev–Trinajstić information content (AvgIpc) is 2.68. The molecule has 0 unspecified atom stereocenters. The third-order valence-corrected chi connectivity index (χ3v) is 6.18. The first kappa shape index (κ1) is 17.9. The van der Waals surface area contributed by atoms with Crippen molar-refractivity contribution in [3.63, 3.8) is 0 Å². The van der Waals surface area contributed by atoms with Crippen LogP contribution in [0.4, 0.5) is 5.95 Å². The third-order valence-electron chi connectivity index (χ3n) is 4.15. The molecule has 138 valence electrons. The van der Waals surface area contributed by atoms with Crippen LogP contribution in [0.1, 0.15) is 10.4 Å². The number of hydroxylamine groups is 1. The van der Waals surface area contributed by atoms with Crippen LogP contribution < -0.4 is 10.4 Å². The average molecular weight is 372 g/mol. The molecule has 1 aromatic heterocycles. The van der Waals surface area contributed by atoms with Crippen molar-refractivity contribution in [2.24, 2.45) is 0 Å². The Morgan fingerprint density at radius 1 is 1.04 bits per heavy atom. The molecular formula is C13H20N6O5S. The molecule has 0 saturated carbocycles. The van der Waals surface area contributed by atoms with Gasteiger partial charge in [-0.05, 0) is 0 Å². The molecule has 0 aromatic carbocycles. The lowest BCUT2D eigenvalue weighted by atomic mass is 10.3. The van der Waals surface area contributed by atoms with Gasteiger partial charge in [0.15, 0.2) is 0 Å². The molecule has 1 aromatic rings. The number of piperazine rings is 1. The molecule has 0 spiro atoms. The summed E-state index contributed by atoms with van der Waals surface area (Å²) in [7, 11) is -3.47. The van der Waals surface area contributed by atoms with Crippen LogP contribution in [0.5, 0.6) is 0 Å². The maximum atomic E-state index is 12.6. The molecule has 2 N–H and O–H groups in total. The predicted molar refractivity (Wildman–Crippen MR) is 86.4 cm³/mol. The molecule has 2 fully saturated rings. The molecule has 2 aliphatic heterocycles. The van der Waals surface area contributed by atoms with Crippen LogP contribution >= 0.6 is 0 Å². The first-order valence-corrected chi connectivity index (χ1v) is 9.26. The number of nitrogens with zero attached hydrogens (tertiary/aromatic N) is 5. The molecule has 2 saturated heterocycles. The Morgan fingerprint density at radius 2 is 1.60 bits per heavy atom. The predicted octanol–water partition coefficient (Wildman–Crippen LogP) is -1.71. The monoisotopic (exact) mass is 372 g/mol. The van der Waals surface area contributed by atoms with Crippen molar-refractivity contribution >= 4 is 22.1 Å². The SMILES string of the molecule is O=C(NO)c1cnc(N2CCN(S(=O)(=O)N3CCOCC3)CC2)nc1. The Hall–Kier alpha value is -1.86. The number of ether oxygens (including phenoxy) is 1. The maximum absolute atomic E-state index is 12.6. The zero-order valence-electron chi connectivity index (χ0n) is 13.5. The van der Waals surface area contributed by atoms with Gasteiger partial charge < -0.3 is 9.64 Å². The topological polar surface area (TPSA) is 128 Å². The number of aromatic nitrogens is 2. The summed E-state index contributed by atoms with van der Waals surface area (Å²) in [6, 6.07) is 0. The molecule has 2 aliphatic rings. The third kappa shape index (κ3) is 3.88. The lowest BCUT2D eigenvalue weighted by Crippen LogP contribution is -2.55. The Kier molecular flexibility index (Phi) is 5.44. The summed E-state index contributed by atoms with van der Waals surface area (Å²) in [5.74, 6) is -0.272. The molecule has 0 radical (unpaired) electrons. The second-order valence-electron chi connectivity index (χ2n) is 5.62. The van der Waals surface area contributed by atoms with Crippen LogP contribution in [0.15, 0.2) is 12.4 Å². The molecular weight excluding hydrogens is 352 g/mol. The van der Waals surface area contributed by atoms with Crippen LogP contribution in [0.2, 0.25) is 0 Å². The molecule has 25 heavy (non-hydrogen) atoms. The minimum absolute atomic E-state index is 0.139. The van der Waals surface area contributed by atoms with Gasteiger partial charge in [0.1, 0.15) is 0 Å². The number of hydrogen-bond donors (Lipinski definition) is 2.